The number of allylic oxidation sites excluding steroid dienone is 1. The zero-order valence-electron chi connectivity index (χ0n) is 16.3. The zero-order chi connectivity index (χ0) is 19.7. The Bertz CT molecular complexity index is 960. The van der Waals surface area contributed by atoms with Gasteiger partial charge in [-0.3, -0.25) is 9.59 Å². The van der Waals surface area contributed by atoms with Gasteiger partial charge in [-0.2, -0.15) is 0 Å². The van der Waals surface area contributed by atoms with Crippen LogP contribution in [0.3, 0.4) is 0 Å². The minimum absolute atomic E-state index is 0.0156. The molecule has 1 fully saturated rings. The highest BCUT2D eigenvalue weighted by molar-refractivity contribution is 6.14. The summed E-state index contributed by atoms with van der Waals surface area (Å²) in [6.45, 7) is 1.12. The van der Waals surface area contributed by atoms with E-state index in [4.69, 9.17) is 0 Å². The average Bonchev–Trinajstić information content (AvgIpc) is 3.23. The molecule has 0 saturated carbocycles. The van der Waals surface area contributed by atoms with Crippen LogP contribution in [0.2, 0.25) is 0 Å². The van der Waals surface area contributed by atoms with Crippen molar-refractivity contribution >= 4 is 28.4 Å². The summed E-state index contributed by atoms with van der Waals surface area (Å²) in [7, 11) is 1.79. The van der Waals surface area contributed by atoms with Crippen LogP contribution in [0.25, 0.3) is 10.9 Å². The molecule has 1 aromatic heterocycles. The Hall–Kier alpha value is -2.63. The molecule has 0 spiro atoms. The number of hydrogen-bond acceptors (Lipinski definition) is 2. The lowest BCUT2D eigenvalue weighted by Crippen LogP contribution is -2.31. The summed E-state index contributed by atoms with van der Waals surface area (Å²) in [4.78, 5) is 27.1. The Labute approximate surface area is 164 Å². The maximum Gasteiger partial charge on any atom is 0.270 e. The van der Waals surface area contributed by atoms with E-state index in [1.54, 1.807) is 22.6 Å². The molecule has 2 amide bonds. The highest BCUT2D eigenvalue weighted by Crippen LogP contribution is 2.36. The molecular weight excluding hydrogens is 357 g/mol. The first-order chi connectivity index (χ1) is 13.6. The van der Waals surface area contributed by atoms with Gasteiger partial charge in [0.25, 0.3) is 5.91 Å². The second-order valence-electron chi connectivity index (χ2n) is 7.68. The van der Waals surface area contributed by atoms with Gasteiger partial charge < -0.3 is 14.8 Å². The number of fused-ring (bicyclic) bond motifs is 1. The molecule has 0 atom stereocenters. The molecule has 1 aliphatic carbocycles. The van der Waals surface area contributed by atoms with E-state index in [0.717, 1.165) is 31.2 Å². The number of halogens is 1. The van der Waals surface area contributed by atoms with Crippen molar-refractivity contribution in [2.24, 2.45) is 7.05 Å². The van der Waals surface area contributed by atoms with Gasteiger partial charge in [0, 0.05) is 31.9 Å². The fourth-order valence-corrected chi connectivity index (χ4v) is 4.37. The number of benzene rings is 1. The SMILES string of the molecule is Cn1c(C(=O)NCCC2=CCCCC2)c(N2CCCC2=O)c2cc(F)ccc21. The number of carbonyl (C=O) groups excluding carboxylic acids is 2. The van der Waals surface area contributed by atoms with Crippen molar-refractivity contribution in [3.63, 3.8) is 0 Å². The number of aromatic nitrogens is 1. The maximum absolute atomic E-state index is 13.9. The van der Waals surface area contributed by atoms with Crippen LogP contribution in [0.1, 0.15) is 55.4 Å². The second-order valence-corrected chi connectivity index (χ2v) is 7.68. The van der Waals surface area contributed by atoms with Gasteiger partial charge >= 0.3 is 0 Å². The van der Waals surface area contributed by atoms with Crippen molar-refractivity contribution in [3.8, 4) is 0 Å². The summed E-state index contributed by atoms with van der Waals surface area (Å²) in [5.74, 6) is -0.606. The standard InChI is InChI=1S/C22H26FN3O2/c1-25-18-10-9-16(23)14-17(18)20(26-13-5-8-19(26)27)21(25)22(28)24-12-11-15-6-3-2-4-7-15/h6,9-10,14H,2-5,7-8,11-13H2,1H3,(H,24,28). The van der Waals surface area contributed by atoms with Crippen molar-refractivity contribution < 1.29 is 14.0 Å². The van der Waals surface area contributed by atoms with E-state index in [2.05, 4.69) is 11.4 Å². The van der Waals surface area contributed by atoms with Crippen LogP contribution >= 0.6 is 0 Å². The Balaban J connectivity index is 1.65. The average molecular weight is 383 g/mol. The number of rotatable bonds is 5. The molecule has 2 heterocycles. The minimum Gasteiger partial charge on any atom is -0.350 e. The Morgan fingerprint density at radius 2 is 2.07 bits per heavy atom. The quantitative estimate of drug-likeness (QED) is 0.792. The normalized spacial score (nSPS) is 17.3. The number of amides is 2. The summed E-state index contributed by atoms with van der Waals surface area (Å²) in [6, 6.07) is 4.47. The van der Waals surface area contributed by atoms with Gasteiger partial charge in [-0.15, -0.1) is 0 Å². The van der Waals surface area contributed by atoms with E-state index >= 15 is 0 Å². The largest absolute Gasteiger partial charge is 0.350 e. The molecule has 28 heavy (non-hydrogen) atoms. The lowest BCUT2D eigenvalue weighted by Gasteiger charge is -2.18. The van der Waals surface area contributed by atoms with E-state index < -0.39 is 0 Å². The Morgan fingerprint density at radius 1 is 1.21 bits per heavy atom. The smallest absolute Gasteiger partial charge is 0.270 e. The monoisotopic (exact) mass is 383 g/mol. The molecule has 1 saturated heterocycles. The highest BCUT2D eigenvalue weighted by Gasteiger charge is 2.31. The maximum atomic E-state index is 13.9. The predicted molar refractivity (Wildman–Crippen MR) is 108 cm³/mol. The Kier molecular flexibility index (Phi) is 5.20. The molecular formula is C22H26FN3O2. The van der Waals surface area contributed by atoms with Crippen molar-refractivity contribution in [2.45, 2.75) is 44.9 Å². The molecule has 0 radical (unpaired) electrons. The number of anilines is 1. The van der Waals surface area contributed by atoms with Crippen molar-refractivity contribution in [3.05, 3.63) is 41.4 Å². The minimum atomic E-state index is -0.373. The van der Waals surface area contributed by atoms with Gasteiger partial charge in [-0.05, 0) is 56.7 Å². The van der Waals surface area contributed by atoms with Gasteiger partial charge in [0.2, 0.25) is 5.91 Å². The first-order valence-corrected chi connectivity index (χ1v) is 10.1. The van der Waals surface area contributed by atoms with Crippen LogP contribution in [0.5, 0.6) is 0 Å². The first-order valence-electron chi connectivity index (χ1n) is 10.1. The summed E-state index contributed by atoms with van der Waals surface area (Å²) in [5, 5.41) is 3.62. The third kappa shape index (κ3) is 3.43. The molecule has 1 N–H and O–H groups in total. The van der Waals surface area contributed by atoms with Gasteiger partial charge in [0.1, 0.15) is 11.5 Å². The number of nitrogens with one attached hydrogen (secondary N) is 1. The number of hydrogen-bond donors (Lipinski definition) is 1. The molecule has 2 aliphatic rings. The van der Waals surface area contributed by atoms with Gasteiger partial charge in [-0.25, -0.2) is 4.39 Å². The van der Waals surface area contributed by atoms with Gasteiger partial charge in [0.15, 0.2) is 0 Å². The molecule has 148 valence electrons. The number of nitrogens with zero attached hydrogens (tertiary/aromatic N) is 2. The summed E-state index contributed by atoms with van der Waals surface area (Å²) >= 11 is 0. The molecule has 2 aromatic rings. The lowest BCUT2D eigenvalue weighted by molar-refractivity contribution is -0.117. The number of carbonyl (C=O) groups is 2. The van der Waals surface area contributed by atoms with E-state index in [-0.39, 0.29) is 17.6 Å². The van der Waals surface area contributed by atoms with Crippen LogP contribution in [0, 0.1) is 5.82 Å². The van der Waals surface area contributed by atoms with E-state index in [9.17, 15) is 14.0 Å². The molecule has 4 rings (SSSR count). The van der Waals surface area contributed by atoms with E-state index in [1.165, 1.54) is 30.5 Å². The van der Waals surface area contributed by atoms with Crippen LogP contribution in [0.15, 0.2) is 29.8 Å². The van der Waals surface area contributed by atoms with Gasteiger partial charge in [0.05, 0.1) is 11.2 Å². The van der Waals surface area contributed by atoms with Crippen molar-refractivity contribution in [1.82, 2.24) is 9.88 Å². The lowest BCUT2D eigenvalue weighted by atomic mass is 9.97. The third-order valence-electron chi connectivity index (χ3n) is 5.81. The first kappa shape index (κ1) is 18.7. The van der Waals surface area contributed by atoms with Crippen LogP contribution in [-0.4, -0.2) is 29.5 Å². The Morgan fingerprint density at radius 3 is 2.79 bits per heavy atom. The fraction of sp³-hybridized carbons (Fsp3) is 0.455. The highest BCUT2D eigenvalue weighted by atomic mass is 19.1. The third-order valence-corrected chi connectivity index (χ3v) is 5.81. The van der Waals surface area contributed by atoms with Crippen molar-refractivity contribution in [2.75, 3.05) is 18.0 Å². The topological polar surface area (TPSA) is 54.3 Å². The summed E-state index contributed by atoms with van der Waals surface area (Å²) < 4.78 is 15.7. The van der Waals surface area contributed by atoms with Crippen molar-refractivity contribution in [1.29, 1.82) is 0 Å². The van der Waals surface area contributed by atoms with Crippen LogP contribution in [0.4, 0.5) is 10.1 Å². The zero-order valence-corrected chi connectivity index (χ0v) is 16.3. The number of aryl methyl sites for hydroxylation is 1. The molecule has 0 bridgehead atoms. The summed E-state index contributed by atoms with van der Waals surface area (Å²) in [5.41, 5.74) is 3.11. The van der Waals surface area contributed by atoms with Gasteiger partial charge in [-0.1, -0.05) is 11.6 Å². The van der Waals surface area contributed by atoms with Crippen LogP contribution in [-0.2, 0) is 11.8 Å². The second kappa shape index (κ2) is 7.78. The molecule has 0 unspecified atom stereocenters. The predicted octanol–water partition coefficient (Wildman–Crippen LogP) is 4.06. The summed E-state index contributed by atoms with van der Waals surface area (Å²) in [6.07, 6.45) is 9.04. The van der Waals surface area contributed by atoms with E-state index in [0.29, 0.717) is 36.3 Å². The molecule has 1 aromatic carbocycles. The fourth-order valence-electron chi connectivity index (χ4n) is 4.37. The molecule has 6 heteroatoms. The van der Waals surface area contributed by atoms with E-state index in [1.807, 2.05) is 0 Å². The van der Waals surface area contributed by atoms with Crippen LogP contribution < -0.4 is 10.2 Å². The molecule has 5 nitrogen and oxygen atoms in total. The molecule has 1 aliphatic heterocycles.